The van der Waals surface area contributed by atoms with Crippen LogP contribution in [0.1, 0.15) is 81.1 Å². The van der Waals surface area contributed by atoms with Crippen molar-refractivity contribution in [3.8, 4) is 0 Å². The topological polar surface area (TPSA) is 74.6 Å². The molecule has 0 aliphatic rings. The van der Waals surface area contributed by atoms with Gasteiger partial charge in [0, 0.05) is 12.8 Å². The van der Waals surface area contributed by atoms with Crippen molar-refractivity contribution in [1.82, 2.24) is 0 Å². The van der Waals surface area contributed by atoms with Gasteiger partial charge in [0.1, 0.15) is 0 Å². The number of rotatable bonds is 6. The van der Waals surface area contributed by atoms with Crippen molar-refractivity contribution < 1.29 is 19.8 Å². The largest absolute Gasteiger partial charge is 0.481 e. The Morgan fingerprint density at radius 2 is 0.955 bits per heavy atom. The summed E-state index contributed by atoms with van der Waals surface area (Å²) in [6.45, 7) is 16.8. The zero-order chi connectivity index (χ0) is 18.1. The Balaban J connectivity index is 0. The lowest BCUT2D eigenvalue weighted by Crippen LogP contribution is -2.13. The van der Waals surface area contributed by atoms with Crippen molar-refractivity contribution in [2.24, 2.45) is 22.7 Å². The fraction of sp³-hybridized carbons (Fsp3) is 0.889. The van der Waals surface area contributed by atoms with Crippen molar-refractivity contribution in [2.45, 2.75) is 81.1 Å². The van der Waals surface area contributed by atoms with Crippen molar-refractivity contribution in [2.75, 3.05) is 0 Å². The molecule has 0 amide bonds. The average molecular weight is 316 g/mol. The van der Waals surface area contributed by atoms with Crippen LogP contribution < -0.4 is 0 Å². The van der Waals surface area contributed by atoms with Crippen LogP contribution in [0.5, 0.6) is 0 Å². The summed E-state index contributed by atoms with van der Waals surface area (Å²) >= 11 is 0. The molecular formula is C18H36O4. The van der Waals surface area contributed by atoms with E-state index in [0.717, 1.165) is 12.8 Å². The minimum Gasteiger partial charge on any atom is -0.481 e. The van der Waals surface area contributed by atoms with Crippen molar-refractivity contribution in [1.29, 1.82) is 0 Å². The fourth-order valence-electron chi connectivity index (χ4n) is 2.83. The van der Waals surface area contributed by atoms with Gasteiger partial charge in [0.05, 0.1) is 0 Å². The molecule has 22 heavy (non-hydrogen) atoms. The van der Waals surface area contributed by atoms with Crippen molar-refractivity contribution >= 4 is 11.9 Å². The lowest BCUT2D eigenvalue weighted by molar-refractivity contribution is -0.139. The van der Waals surface area contributed by atoms with Gasteiger partial charge in [0.2, 0.25) is 0 Å². The van der Waals surface area contributed by atoms with E-state index in [4.69, 9.17) is 10.2 Å². The van der Waals surface area contributed by atoms with Gasteiger partial charge in [-0.05, 0) is 35.5 Å². The van der Waals surface area contributed by atoms with E-state index in [0.29, 0.717) is 0 Å². The highest BCUT2D eigenvalue weighted by atomic mass is 16.4. The van der Waals surface area contributed by atoms with Gasteiger partial charge in [-0.1, -0.05) is 55.4 Å². The third-order valence-electron chi connectivity index (χ3n) is 2.97. The smallest absolute Gasteiger partial charge is 0.303 e. The van der Waals surface area contributed by atoms with Gasteiger partial charge < -0.3 is 10.2 Å². The Kier molecular flexibility index (Phi) is 10.4. The molecule has 2 N–H and O–H groups in total. The van der Waals surface area contributed by atoms with Gasteiger partial charge in [0.15, 0.2) is 0 Å². The highest BCUT2D eigenvalue weighted by Crippen LogP contribution is 2.26. The van der Waals surface area contributed by atoms with Gasteiger partial charge in [-0.25, -0.2) is 0 Å². The normalized spacial score (nSPS) is 14.5. The second kappa shape index (κ2) is 9.86. The third kappa shape index (κ3) is 21.2. The first-order valence-corrected chi connectivity index (χ1v) is 8.06. The van der Waals surface area contributed by atoms with Crippen LogP contribution in [-0.2, 0) is 9.59 Å². The lowest BCUT2D eigenvalue weighted by atomic mass is 9.84. The number of aliphatic carboxylic acids is 2. The zero-order valence-corrected chi connectivity index (χ0v) is 15.7. The van der Waals surface area contributed by atoms with E-state index in [2.05, 4.69) is 41.5 Å². The molecule has 0 fully saturated rings. The summed E-state index contributed by atoms with van der Waals surface area (Å²) in [5.41, 5.74) is 0.490. The first kappa shape index (κ1) is 23.2. The van der Waals surface area contributed by atoms with E-state index in [1.807, 2.05) is 13.8 Å². The van der Waals surface area contributed by atoms with Crippen LogP contribution in [-0.4, -0.2) is 22.2 Å². The molecule has 2 atom stereocenters. The summed E-state index contributed by atoms with van der Waals surface area (Å²) in [4.78, 5) is 20.6. The molecule has 0 spiro atoms. The standard InChI is InChI=1S/2C9H18O2/c2*1-7(5-8(10)11)6-9(2,3)4/h2*7H,5-6H2,1-4H3,(H,10,11). The number of carbonyl (C=O) groups is 2. The Labute approximate surface area is 136 Å². The molecule has 0 saturated heterocycles. The van der Waals surface area contributed by atoms with Gasteiger partial charge in [-0.3, -0.25) is 9.59 Å². The quantitative estimate of drug-likeness (QED) is 0.717. The maximum absolute atomic E-state index is 10.3. The molecule has 132 valence electrons. The average Bonchev–Trinajstić information content (AvgIpc) is 2.07. The van der Waals surface area contributed by atoms with Crippen molar-refractivity contribution in [3.05, 3.63) is 0 Å². The Morgan fingerprint density at radius 3 is 1.09 bits per heavy atom. The molecule has 0 radical (unpaired) electrons. The van der Waals surface area contributed by atoms with E-state index in [1.165, 1.54) is 0 Å². The van der Waals surface area contributed by atoms with E-state index in [9.17, 15) is 9.59 Å². The van der Waals surface area contributed by atoms with Crippen LogP contribution in [0.3, 0.4) is 0 Å². The second-order valence-electron chi connectivity index (χ2n) is 8.94. The van der Waals surface area contributed by atoms with Crippen LogP contribution in [0.2, 0.25) is 0 Å². The van der Waals surface area contributed by atoms with E-state index in [1.54, 1.807) is 0 Å². The molecular weight excluding hydrogens is 280 g/mol. The Morgan fingerprint density at radius 1 is 0.727 bits per heavy atom. The number of carboxylic acid groups (broad SMARTS) is 2. The molecule has 0 aliphatic carbocycles. The molecule has 0 heterocycles. The highest BCUT2D eigenvalue weighted by Gasteiger charge is 2.17. The molecule has 2 unspecified atom stereocenters. The van der Waals surface area contributed by atoms with E-state index >= 15 is 0 Å². The predicted molar refractivity (Wildman–Crippen MR) is 91.0 cm³/mol. The fourth-order valence-corrected chi connectivity index (χ4v) is 2.83. The lowest BCUT2D eigenvalue weighted by Gasteiger charge is -2.21. The summed E-state index contributed by atoms with van der Waals surface area (Å²) in [5, 5.41) is 17.0. The predicted octanol–water partition coefficient (Wildman–Crippen LogP) is 5.07. The van der Waals surface area contributed by atoms with Gasteiger partial charge in [-0.2, -0.15) is 0 Å². The number of carboxylic acids is 2. The summed E-state index contributed by atoms with van der Waals surface area (Å²) in [7, 11) is 0. The zero-order valence-electron chi connectivity index (χ0n) is 15.7. The third-order valence-corrected chi connectivity index (χ3v) is 2.97. The minimum absolute atomic E-state index is 0.245. The van der Waals surface area contributed by atoms with Gasteiger partial charge in [-0.15, -0.1) is 0 Å². The molecule has 0 aromatic rings. The van der Waals surface area contributed by atoms with Crippen LogP contribution in [0.15, 0.2) is 0 Å². The van der Waals surface area contributed by atoms with Crippen LogP contribution in [0.4, 0.5) is 0 Å². The Bertz CT molecular complexity index is 300. The summed E-state index contributed by atoms with van der Waals surface area (Å²) < 4.78 is 0. The first-order valence-electron chi connectivity index (χ1n) is 8.06. The molecule has 4 nitrogen and oxygen atoms in total. The SMILES string of the molecule is CC(CC(=O)O)CC(C)(C)C.CC(CC(=O)O)CC(C)(C)C. The van der Waals surface area contributed by atoms with Crippen LogP contribution in [0, 0.1) is 22.7 Å². The number of hydrogen-bond donors (Lipinski definition) is 2. The highest BCUT2D eigenvalue weighted by molar-refractivity contribution is 5.67. The van der Waals surface area contributed by atoms with E-state index < -0.39 is 11.9 Å². The monoisotopic (exact) mass is 316 g/mol. The second-order valence-corrected chi connectivity index (χ2v) is 8.94. The van der Waals surface area contributed by atoms with E-state index in [-0.39, 0.29) is 35.5 Å². The molecule has 0 aliphatic heterocycles. The van der Waals surface area contributed by atoms with Gasteiger partial charge >= 0.3 is 11.9 Å². The molecule has 0 rings (SSSR count). The Hall–Kier alpha value is -1.06. The molecule has 0 bridgehead atoms. The van der Waals surface area contributed by atoms with Crippen molar-refractivity contribution in [3.63, 3.8) is 0 Å². The molecule has 0 saturated carbocycles. The summed E-state index contributed by atoms with van der Waals surface area (Å²) in [5.74, 6) is -0.816. The maximum Gasteiger partial charge on any atom is 0.303 e. The number of hydrogen-bond acceptors (Lipinski definition) is 2. The molecule has 4 heteroatoms. The minimum atomic E-state index is -0.693. The summed E-state index contributed by atoms with van der Waals surface area (Å²) in [6.07, 6.45) is 2.52. The van der Waals surface area contributed by atoms with Gasteiger partial charge in [0.25, 0.3) is 0 Å². The first-order chi connectivity index (χ1) is 9.62. The van der Waals surface area contributed by atoms with Crippen LogP contribution >= 0.6 is 0 Å². The van der Waals surface area contributed by atoms with Crippen LogP contribution in [0.25, 0.3) is 0 Å². The summed E-state index contributed by atoms with van der Waals surface area (Å²) in [6, 6.07) is 0. The maximum atomic E-state index is 10.3. The molecule has 0 aromatic carbocycles. The molecule has 0 aromatic heterocycles.